The molecule has 0 saturated heterocycles. The summed E-state index contributed by atoms with van der Waals surface area (Å²) in [5.41, 5.74) is 13.8. The average Bonchev–Trinajstić information content (AvgIpc) is 3.81. The fourth-order valence-corrected chi connectivity index (χ4v) is 9.02. The van der Waals surface area contributed by atoms with Crippen molar-refractivity contribution in [1.82, 2.24) is 19.5 Å². The van der Waals surface area contributed by atoms with Gasteiger partial charge in [0.1, 0.15) is 0 Å². The summed E-state index contributed by atoms with van der Waals surface area (Å²) < 4.78 is 2.47. The lowest BCUT2D eigenvalue weighted by molar-refractivity contribution is 1.07. The van der Waals surface area contributed by atoms with Crippen molar-refractivity contribution >= 4 is 43.4 Å². The van der Waals surface area contributed by atoms with Gasteiger partial charge in [0.25, 0.3) is 0 Å². The van der Waals surface area contributed by atoms with Crippen LogP contribution in [0.4, 0.5) is 0 Å². The van der Waals surface area contributed by atoms with Crippen LogP contribution in [0.25, 0.3) is 117 Å². The number of hydrogen-bond acceptors (Lipinski definition) is 3. The lowest BCUT2D eigenvalue weighted by atomic mass is 9.96. The summed E-state index contributed by atoms with van der Waals surface area (Å²) in [4.78, 5) is 15.0. The van der Waals surface area contributed by atoms with Crippen LogP contribution in [0.2, 0.25) is 0 Å². The van der Waals surface area contributed by atoms with E-state index in [0.29, 0.717) is 17.5 Å². The maximum Gasteiger partial charge on any atom is 0.164 e. The van der Waals surface area contributed by atoms with E-state index in [1.165, 1.54) is 65.6 Å². The zero-order chi connectivity index (χ0) is 37.5. The lowest BCUT2D eigenvalue weighted by Gasteiger charge is -2.13. The first kappa shape index (κ1) is 31.6. The van der Waals surface area contributed by atoms with Crippen molar-refractivity contribution in [3.63, 3.8) is 0 Å². The third kappa shape index (κ3) is 4.91. The Morgan fingerprint density at radius 1 is 0.298 bits per heavy atom. The summed E-state index contributed by atoms with van der Waals surface area (Å²) in [6, 6.07) is 69.2. The van der Waals surface area contributed by atoms with Crippen LogP contribution in [0.3, 0.4) is 0 Å². The molecule has 0 unspecified atom stereocenters. The van der Waals surface area contributed by atoms with Crippen LogP contribution in [-0.4, -0.2) is 19.5 Å². The van der Waals surface area contributed by atoms with Gasteiger partial charge in [-0.1, -0.05) is 164 Å². The van der Waals surface area contributed by atoms with Gasteiger partial charge in [0.2, 0.25) is 0 Å². The molecule has 0 fully saturated rings. The van der Waals surface area contributed by atoms with E-state index < -0.39 is 0 Å². The van der Waals surface area contributed by atoms with Gasteiger partial charge < -0.3 is 4.57 Å². The van der Waals surface area contributed by atoms with E-state index in [4.69, 9.17) is 15.0 Å². The van der Waals surface area contributed by atoms with E-state index in [1.54, 1.807) is 0 Å². The molecule has 57 heavy (non-hydrogen) atoms. The molecule has 0 radical (unpaired) electrons. The highest BCUT2D eigenvalue weighted by molar-refractivity contribution is 6.33. The van der Waals surface area contributed by atoms with Gasteiger partial charge in [0.05, 0.1) is 11.0 Å². The van der Waals surface area contributed by atoms with Crippen LogP contribution in [0.5, 0.6) is 0 Å². The largest absolute Gasteiger partial charge is 0.309 e. The average molecular weight is 725 g/mol. The fourth-order valence-electron chi connectivity index (χ4n) is 9.02. The SMILES string of the molecule is c1ccc(-c2nc(-c3ccccc3)nc(-c3cccc(-c4cccc(-n5c6ccc7ccccc7c6c6c7cccc8c7c(cc65)-c5ccccc5-8)c4)c3)n2)cc1. The Kier molecular flexibility index (Phi) is 6.89. The first-order valence-electron chi connectivity index (χ1n) is 19.4. The van der Waals surface area contributed by atoms with Crippen molar-refractivity contribution in [3.05, 3.63) is 194 Å². The summed E-state index contributed by atoms with van der Waals surface area (Å²) in [7, 11) is 0. The summed E-state index contributed by atoms with van der Waals surface area (Å²) in [6.07, 6.45) is 0. The van der Waals surface area contributed by atoms with Gasteiger partial charge in [-0.25, -0.2) is 15.0 Å². The van der Waals surface area contributed by atoms with Crippen LogP contribution in [-0.2, 0) is 0 Å². The van der Waals surface area contributed by atoms with Gasteiger partial charge >= 0.3 is 0 Å². The minimum absolute atomic E-state index is 0.638. The molecule has 11 aromatic rings. The summed E-state index contributed by atoms with van der Waals surface area (Å²) >= 11 is 0. The summed E-state index contributed by atoms with van der Waals surface area (Å²) in [5.74, 6) is 1.94. The quantitative estimate of drug-likeness (QED) is 0.177. The van der Waals surface area contributed by atoms with Crippen molar-refractivity contribution < 1.29 is 0 Å². The van der Waals surface area contributed by atoms with Crippen molar-refractivity contribution in [1.29, 1.82) is 0 Å². The molecule has 12 rings (SSSR count). The smallest absolute Gasteiger partial charge is 0.164 e. The molecule has 264 valence electrons. The van der Waals surface area contributed by atoms with Crippen molar-refractivity contribution in [2.24, 2.45) is 0 Å². The van der Waals surface area contributed by atoms with E-state index in [0.717, 1.165) is 33.5 Å². The molecule has 9 aromatic carbocycles. The van der Waals surface area contributed by atoms with Crippen molar-refractivity contribution in [3.8, 4) is 73.2 Å². The molecule has 1 aliphatic carbocycles. The lowest BCUT2D eigenvalue weighted by Crippen LogP contribution is -2.00. The standard InChI is InChI=1S/C53H32N4/c1-3-15-34(16-4-1)51-54-52(35-17-5-2-6-18-35)56-53(55-51)38-21-11-19-36(30-38)37-20-12-22-39(31-37)57-46-29-28-33-14-7-8-23-40(33)49(46)50-44-27-13-26-43-41-24-9-10-25-42(41)45(48(43)44)32-47(50)57/h1-32H. The number of benzene rings is 9. The minimum atomic E-state index is 0.638. The Balaban J connectivity index is 1.06. The molecule has 0 N–H and O–H groups in total. The zero-order valence-corrected chi connectivity index (χ0v) is 30.8. The number of fused-ring (bicyclic) bond motifs is 9. The van der Waals surface area contributed by atoms with Crippen molar-refractivity contribution in [2.45, 2.75) is 0 Å². The monoisotopic (exact) mass is 724 g/mol. The highest BCUT2D eigenvalue weighted by Crippen LogP contribution is 2.51. The van der Waals surface area contributed by atoms with E-state index in [-0.39, 0.29) is 0 Å². The number of aromatic nitrogens is 4. The molecule has 0 spiro atoms. The molecule has 0 aliphatic heterocycles. The van der Waals surface area contributed by atoms with Crippen LogP contribution in [0.15, 0.2) is 194 Å². The van der Waals surface area contributed by atoms with Gasteiger partial charge in [-0.05, 0) is 85.3 Å². The molecular weight excluding hydrogens is 693 g/mol. The van der Waals surface area contributed by atoms with Crippen LogP contribution in [0.1, 0.15) is 0 Å². The molecule has 2 aromatic heterocycles. The van der Waals surface area contributed by atoms with Gasteiger partial charge in [0.15, 0.2) is 17.5 Å². The number of hydrogen-bond donors (Lipinski definition) is 0. The molecule has 0 saturated carbocycles. The van der Waals surface area contributed by atoms with Crippen molar-refractivity contribution in [2.75, 3.05) is 0 Å². The second-order valence-electron chi connectivity index (χ2n) is 14.8. The van der Waals surface area contributed by atoms with Gasteiger partial charge in [-0.3, -0.25) is 0 Å². The Morgan fingerprint density at radius 2 is 0.825 bits per heavy atom. The molecule has 2 heterocycles. The minimum Gasteiger partial charge on any atom is -0.309 e. The topological polar surface area (TPSA) is 43.6 Å². The molecule has 0 bridgehead atoms. The third-order valence-electron chi connectivity index (χ3n) is 11.5. The van der Waals surface area contributed by atoms with Crippen LogP contribution >= 0.6 is 0 Å². The van der Waals surface area contributed by atoms with E-state index in [2.05, 4.69) is 138 Å². The Labute approximate surface area is 329 Å². The normalized spacial score (nSPS) is 11.9. The Morgan fingerprint density at radius 3 is 1.58 bits per heavy atom. The summed E-state index contributed by atoms with van der Waals surface area (Å²) in [5, 5.41) is 7.72. The molecule has 4 heteroatoms. The highest BCUT2D eigenvalue weighted by atomic mass is 15.0. The number of nitrogens with zero attached hydrogens (tertiary/aromatic N) is 4. The molecular formula is C53H32N4. The van der Waals surface area contributed by atoms with E-state index in [1.807, 2.05) is 60.7 Å². The van der Waals surface area contributed by atoms with E-state index >= 15 is 0 Å². The predicted octanol–water partition coefficient (Wildman–Crippen LogP) is 13.6. The van der Waals surface area contributed by atoms with Gasteiger partial charge in [-0.2, -0.15) is 0 Å². The first-order chi connectivity index (χ1) is 28.3. The Hall–Kier alpha value is -7.69. The highest BCUT2D eigenvalue weighted by Gasteiger charge is 2.26. The zero-order valence-electron chi connectivity index (χ0n) is 30.8. The molecule has 4 nitrogen and oxygen atoms in total. The molecule has 0 atom stereocenters. The maximum atomic E-state index is 5.02. The number of rotatable bonds is 5. The van der Waals surface area contributed by atoms with Gasteiger partial charge in [-0.15, -0.1) is 0 Å². The van der Waals surface area contributed by atoms with Crippen LogP contribution in [0, 0.1) is 0 Å². The fraction of sp³-hybridized carbons (Fsp3) is 0. The summed E-state index contributed by atoms with van der Waals surface area (Å²) in [6.45, 7) is 0. The maximum absolute atomic E-state index is 5.02. The second kappa shape index (κ2) is 12.4. The molecule has 1 aliphatic rings. The predicted molar refractivity (Wildman–Crippen MR) is 235 cm³/mol. The second-order valence-corrected chi connectivity index (χ2v) is 14.8. The molecule has 0 amide bonds. The Bertz CT molecular complexity index is 3340. The van der Waals surface area contributed by atoms with Gasteiger partial charge in [0, 0.05) is 33.2 Å². The van der Waals surface area contributed by atoms with Crippen LogP contribution < -0.4 is 0 Å². The first-order valence-corrected chi connectivity index (χ1v) is 19.4. The van der Waals surface area contributed by atoms with E-state index in [9.17, 15) is 0 Å². The third-order valence-corrected chi connectivity index (χ3v) is 11.5.